The number of ether oxygens (including phenoxy) is 1. The van der Waals surface area contributed by atoms with Gasteiger partial charge in [-0.2, -0.15) is 0 Å². The molecule has 19 heavy (non-hydrogen) atoms. The maximum Gasteiger partial charge on any atom is 0.340 e. The molecule has 0 aliphatic rings. The highest BCUT2D eigenvalue weighted by Crippen LogP contribution is 2.16. The van der Waals surface area contributed by atoms with Crippen molar-refractivity contribution in [3.63, 3.8) is 0 Å². The summed E-state index contributed by atoms with van der Waals surface area (Å²) in [5, 5.41) is 0. The minimum Gasteiger partial charge on any atom is -0.460 e. The van der Waals surface area contributed by atoms with Crippen LogP contribution in [-0.2, 0) is 11.3 Å². The molecule has 100 valence electrons. The average Bonchev–Trinajstić information content (AvgIpc) is 2.75. The van der Waals surface area contributed by atoms with Gasteiger partial charge < -0.3 is 20.8 Å². The third kappa shape index (κ3) is 3.04. The Balaban J connectivity index is 1.93. The summed E-state index contributed by atoms with van der Waals surface area (Å²) in [5.74, 6) is 0.429. The molecule has 2 rings (SSSR count). The quantitative estimate of drug-likeness (QED) is 0.636. The van der Waals surface area contributed by atoms with Crippen LogP contribution in [0.15, 0.2) is 30.6 Å². The predicted octanol–water partition coefficient (Wildman–Crippen LogP) is 1.21. The molecular weight excluding hydrogens is 244 g/mol. The maximum absolute atomic E-state index is 11.8. The van der Waals surface area contributed by atoms with Gasteiger partial charge in [0.1, 0.15) is 12.4 Å². The largest absolute Gasteiger partial charge is 0.460 e. The Kier molecular flexibility index (Phi) is 3.70. The number of benzene rings is 1. The molecule has 0 bridgehead atoms. The number of nitrogen functional groups attached to an aromatic ring is 2. The van der Waals surface area contributed by atoms with Crippen molar-refractivity contribution in [3.05, 3.63) is 42.0 Å². The number of anilines is 2. The number of carbonyl (C=O) groups excluding carboxylic acids is 1. The van der Waals surface area contributed by atoms with Gasteiger partial charge in [0.05, 0.1) is 12.1 Å². The Hall–Kier alpha value is -2.50. The smallest absolute Gasteiger partial charge is 0.340 e. The monoisotopic (exact) mass is 260 g/mol. The van der Waals surface area contributed by atoms with Gasteiger partial charge in [-0.15, -0.1) is 0 Å². The van der Waals surface area contributed by atoms with Gasteiger partial charge in [-0.25, -0.2) is 9.78 Å². The lowest BCUT2D eigenvalue weighted by atomic mass is 10.1. The van der Waals surface area contributed by atoms with Crippen molar-refractivity contribution < 1.29 is 9.53 Å². The molecule has 0 atom stereocenters. The Morgan fingerprint density at radius 2 is 2.21 bits per heavy atom. The molecule has 0 unspecified atom stereocenters. The molecule has 6 nitrogen and oxygen atoms in total. The first-order valence-corrected chi connectivity index (χ1v) is 5.88. The van der Waals surface area contributed by atoms with Crippen LogP contribution in [0.25, 0.3) is 0 Å². The second-order valence-corrected chi connectivity index (χ2v) is 4.15. The van der Waals surface area contributed by atoms with Gasteiger partial charge in [0.25, 0.3) is 0 Å². The molecule has 0 fully saturated rings. The molecule has 0 spiro atoms. The van der Waals surface area contributed by atoms with Crippen LogP contribution in [0, 0.1) is 6.92 Å². The molecule has 1 aromatic carbocycles. The normalized spacial score (nSPS) is 10.4. The van der Waals surface area contributed by atoms with Crippen molar-refractivity contribution in [3.8, 4) is 0 Å². The lowest BCUT2D eigenvalue weighted by Gasteiger charge is -2.08. The molecule has 6 heteroatoms. The van der Waals surface area contributed by atoms with Crippen LogP contribution in [0.5, 0.6) is 0 Å². The van der Waals surface area contributed by atoms with Crippen LogP contribution >= 0.6 is 0 Å². The lowest BCUT2D eigenvalue weighted by molar-refractivity contribution is 0.0492. The SMILES string of the molecule is Cc1nccn1CCOC(=O)c1ccc(N)cc1N. The molecule has 0 saturated heterocycles. The lowest BCUT2D eigenvalue weighted by Crippen LogP contribution is -2.13. The van der Waals surface area contributed by atoms with E-state index < -0.39 is 5.97 Å². The van der Waals surface area contributed by atoms with E-state index in [1.807, 2.05) is 17.7 Å². The summed E-state index contributed by atoms with van der Waals surface area (Å²) in [6.45, 7) is 2.71. The highest BCUT2D eigenvalue weighted by atomic mass is 16.5. The summed E-state index contributed by atoms with van der Waals surface area (Å²) < 4.78 is 7.07. The molecule has 1 heterocycles. The minimum absolute atomic E-state index is 0.264. The van der Waals surface area contributed by atoms with Crippen molar-refractivity contribution >= 4 is 17.3 Å². The topological polar surface area (TPSA) is 96.2 Å². The van der Waals surface area contributed by atoms with E-state index in [2.05, 4.69) is 4.98 Å². The first-order chi connectivity index (χ1) is 9.08. The fourth-order valence-electron chi connectivity index (χ4n) is 1.72. The number of nitrogens with zero attached hydrogens (tertiary/aromatic N) is 2. The van der Waals surface area contributed by atoms with Gasteiger partial charge >= 0.3 is 5.97 Å². The van der Waals surface area contributed by atoms with Gasteiger partial charge in [-0.3, -0.25) is 0 Å². The molecular formula is C13H16N4O2. The second kappa shape index (κ2) is 5.43. The van der Waals surface area contributed by atoms with Gasteiger partial charge in [0.15, 0.2) is 0 Å². The van der Waals surface area contributed by atoms with Crippen LogP contribution in [-0.4, -0.2) is 22.1 Å². The first kappa shape index (κ1) is 12.9. The van der Waals surface area contributed by atoms with Crippen LogP contribution < -0.4 is 11.5 Å². The van der Waals surface area contributed by atoms with Crippen molar-refractivity contribution in [2.75, 3.05) is 18.1 Å². The van der Waals surface area contributed by atoms with Crippen LogP contribution in [0.1, 0.15) is 16.2 Å². The highest BCUT2D eigenvalue weighted by molar-refractivity contribution is 5.95. The van der Waals surface area contributed by atoms with E-state index in [4.69, 9.17) is 16.2 Å². The third-order valence-electron chi connectivity index (χ3n) is 2.78. The predicted molar refractivity (Wildman–Crippen MR) is 72.5 cm³/mol. The van der Waals surface area contributed by atoms with E-state index >= 15 is 0 Å². The fourth-order valence-corrected chi connectivity index (χ4v) is 1.72. The summed E-state index contributed by atoms with van der Waals surface area (Å²) in [4.78, 5) is 15.9. The molecule has 0 aliphatic heterocycles. The van der Waals surface area contributed by atoms with Crippen molar-refractivity contribution in [1.82, 2.24) is 9.55 Å². The molecule has 0 saturated carbocycles. The number of hydrogen-bond acceptors (Lipinski definition) is 5. The summed E-state index contributed by atoms with van der Waals surface area (Å²) in [5.41, 5.74) is 12.5. The van der Waals surface area contributed by atoms with Crippen LogP contribution in [0.3, 0.4) is 0 Å². The van der Waals surface area contributed by atoms with Crippen molar-refractivity contribution in [1.29, 1.82) is 0 Å². The number of aromatic nitrogens is 2. The number of esters is 1. The van der Waals surface area contributed by atoms with E-state index in [0.29, 0.717) is 23.5 Å². The van der Waals surface area contributed by atoms with Crippen molar-refractivity contribution in [2.24, 2.45) is 0 Å². The van der Waals surface area contributed by atoms with Gasteiger partial charge in [0, 0.05) is 23.8 Å². The van der Waals surface area contributed by atoms with Gasteiger partial charge in [-0.1, -0.05) is 0 Å². The van der Waals surface area contributed by atoms with Gasteiger partial charge in [0.2, 0.25) is 0 Å². The third-order valence-corrected chi connectivity index (χ3v) is 2.78. The number of aryl methyl sites for hydroxylation is 1. The standard InChI is InChI=1S/C13H16N4O2/c1-9-16-4-5-17(9)6-7-19-13(18)11-3-2-10(14)8-12(11)15/h2-5,8H,6-7,14-15H2,1H3. The van der Waals surface area contributed by atoms with Gasteiger partial charge in [-0.05, 0) is 25.1 Å². The summed E-state index contributed by atoms with van der Waals surface area (Å²) in [7, 11) is 0. The number of imidazole rings is 1. The van der Waals surface area contributed by atoms with Crippen LogP contribution in [0.4, 0.5) is 11.4 Å². The Labute approximate surface area is 111 Å². The molecule has 0 radical (unpaired) electrons. The zero-order valence-electron chi connectivity index (χ0n) is 10.7. The fraction of sp³-hybridized carbons (Fsp3) is 0.231. The highest BCUT2D eigenvalue weighted by Gasteiger charge is 2.11. The summed E-state index contributed by atoms with van der Waals surface area (Å²) >= 11 is 0. The zero-order chi connectivity index (χ0) is 13.8. The summed E-state index contributed by atoms with van der Waals surface area (Å²) in [6, 6.07) is 4.72. The first-order valence-electron chi connectivity index (χ1n) is 5.88. The number of hydrogen-bond donors (Lipinski definition) is 2. The zero-order valence-corrected chi connectivity index (χ0v) is 10.7. The second-order valence-electron chi connectivity index (χ2n) is 4.15. The average molecular weight is 260 g/mol. The number of carbonyl (C=O) groups is 1. The van der Waals surface area contributed by atoms with E-state index in [1.54, 1.807) is 18.3 Å². The molecule has 4 N–H and O–H groups in total. The van der Waals surface area contributed by atoms with Crippen molar-refractivity contribution in [2.45, 2.75) is 13.5 Å². The Bertz CT molecular complexity index is 592. The Morgan fingerprint density at radius 1 is 1.42 bits per heavy atom. The van der Waals surface area contributed by atoms with E-state index in [1.165, 1.54) is 6.07 Å². The Morgan fingerprint density at radius 3 is 2.84 bits per heavy atom. The van der Waals surface area contributed by atoms with Crippen LogP contribution in [0.2, 0.25) is 0 Å². The maximum atomic E-state index is 11.8. The van der Waals surface area contributed by atoms with E-state index in [-0.39, 0.29) is 6.61 Å². The molecule has 1 aromatic heterocycles. The number of rotatable bonds is 4. The number of nitrogens with two attached hydrogens (primary N) is 2. The summed E-state index contributed by atoms with van der Waals surface area (Å²) in [6.07, 6.45) is 3.54. The molecule has 0 aliphatic carbocycles. The molecule has 2 aromatic rings. The minimum atomic E-state index is -0.449. The van der Waals surface area contributed by atoms with E-state index in [0.717, 1.165) is 5.82 Å². The molecule has 0 amide bonds. The van der Waals surface area contributed by atoms with E-state index in [9.17, 15) is 4.79 Å².